The van der Waals surface area contributed by atoms with Gasteiger partial charge in [0.05, 0.1) is 11.8 Å². The second-order valence-electron chi connectivity index (χ2n) is 4.93. The number of carbonyl (C=O) groups excluding carboxylic acids is 1. The molecule has 3 heterocycles. The van der Waals surface area contributed by atoms with Crippen LogP contribution in [0.4, 0.5) is 0 Å². The van der Waals surface area contributed by atoms with Crippen molar-refractivity contribution in [2.75, 3.05) is 6.54 Å². The number of amides is 1. The van der Waals surface area contributed by atoms with Crippen molar-refractivity contribution in [3.05, 3.63) is 40.8 Å². The number of aliphatic hydroxyl groups is 1. The molecule has 0 aliphatic carbocycles. The van der Waals surface area contributed by atoms with E-state index in [9.17, 15) is 19.8 Å². The Morgan fingerprint density at radius 3 is 2.67 bits per heavy atom. The van der Waals surface area contributed by atoms with Crippen LogP contribution in [0.25, 0.3) is 5.69 Å². The molecule has 0 aromatic carbocycles. The molecule has 1 aliphatic heterocycles. The fourth-order valence-corrected chi connectivity index (χ4v) is 3.41. The number of aliphatic carboxylic acids is 1. The van der Waals surface area contributed by atoms with E-state index in [1.54, 1.807) is 5.38 Å². The number of likely N-dealkylation sites (tertiary alicyclic amines) is 1. The van der Waals surface area contributed by atoms with Crippen LogP contribution in [0.5, 0.6) is 0 Å². The van der Waals surface area contributed by atoms with Crippen LogP contribution in [0.3, 0.4) is 0 Å². The van der Waals surface area contributed by atoms with Crippen LogP contribution in [0.1, 0.15) is 16.1 Å². The summed E-state index contributed by atoms with van der Waals surface area (Å²) in [5.41, 5.74) is 0.723. The molecule has 1 amide bonds. The van der Waals surface area contributed by atoms with Crippen molar-refractivity contribution in [2.24, 2.45) is 0 Å². The van der Waals surface area contributed by atoms with Crippen LogP contribution in [-0.2, 0) is 4.79 Å². The van der Waals surface area contributed by atoms with Crippen LogP contribution < -0.4 is 0 Å². The molecular formula is C14H14N2O4S. The van der Waals surface area contributed by atoms with Gasteiger partial charge in [0, 0.05) is 25.4 Å². The second-order valence-corrected chi connectivity index (χ2v) is 5.84. The molecule has 0 unspecified atom stereocenters. The van der Waals surface area contributed by atoms with E-state index in [4.69, 9.17) is 0 Å². The lowest BCUT2D eigenvalue weighted by atomic mass is 10.2. The van der Waals surface area contributed by atoms with E-state index in [2.05, 4.69) is 0 Å². The smallest absolute Gasteiger partial charge is 0.326 e. The minimum absolute atomic E-state index is 0.0544. The van der Waals surface area contributed by atoms with Crippen molar-refractivity contribution in [1.29, 1.82) is 0 Å². The fourth-order valence-electron chi connectivity index (χ4n) is 2.56. The van der Waals surface area contributed by atoms with Crippen LogP contribution in [-0.4, -0.2) is 50.2 Å². The number of nitrogens with zero attached hydrogens (tertiary/aromatic N) is 2. The van der Waals surface area contributed by atoms with Crippen molar-refractivity contribution in [1.82, 2.24) is 9.47 Å². The van der Waals surface area contributed by atoms with Gasteiger partial charge in [-0.1, -0.05) is 0 Å². The first kappa shape index (κ1) is 13.8. The van der Waals surface area contributed by atoms with Crippen LogP contribution in [0.2, 0.25) is 0 Å². The minimum Gasteiger partial charge on any atom is -0.480 e. The average Bonchev–Trinajstić information content (AvgIpc) is 3.17. The Labute approximate surface area is 124 Å². The monoisotopic (exact) mass is 306 g/mol. The molecule has 0 saturated carbocycles. The summed E-state index contributed by atoms with van der Waals surface area (Å²) in [7, 11) is 0. The molecule has 0 spiro atoms. The molecule has 2 aromatic heterocycles. The number of aliphatic hydroxyl groups excluding tert-OH is 1. The number of β-amino-alcohol motifs (C(OH)–C–C–N with tert-alkyl or cyclic N) is 1. The molecule has 1 fully saturated rings. The largest absolute Gasteiger partial charge is 0.480 e. The standard InChI is InChI=1S/C14H14N2O4S/c17-9-7-11(14(19)20)16(8-9)13(18)12-10(3-6-21-12)15-4-1-2-5-15/h1-6,9,11,17H,7-8H2,(H,19,20)/t9-,11-/m1/s1. The number of hydrogen-bond acceptors (Lipinski definition) is 4. The molecule has 3 rings (SSSR count). The van der Waals surface area contributed by atoms with Gasteiger partial charge in [-0.25, -0.2) is 4.79 Å². The Morgan fingerprint density at radius 2 is 2.00 bits per heavy atom. The highest BCUT2D eigenvalue weighted by atomic mass is 32.1. The van der Waals surface area contributed by atoms with E-state index in [1.807, 2.05) is 35.2 Å². The van der Waals surface area contributed by atoms with Crippen molar-refractivity contribution < 1.29 is 19.8 Å². The van der Waals surface area contributed by atoms with Gasteiger partial charge in [-0.2, -0.15) is 0 Å². The van der Waals surface area contributed by atoms with Crippen LogP contribution in [0.15, 0.2) is 36.0 Å². The normalized spacial score (nSPS) is 21.7. The third kappa shape index (κ3) is 2.45. The van der Waals surface area contributed by atoms with Crippen molar-refractivity contribution in [3.63, 3.8) is 0 Å². The number of carboxylic acids is 1. The van der Waals surface area contributed by atoms with E-state index in [-0.39, 0.29) is 18.9 Å². The second kappa shape index (κ2) is 5.34. The quantitative estimate of drug-likeness (QED) is 0.892. The van der Waals surface area contributed by atoms with Gasteiger partial charge >= 0.3 is 5.97 Å². The van der Waals surface area contributed by atoms with Gasteiger partial charge in [0.25, 0.3) is 5.91 Å². The van der Waals surface area contributed by atoms with Gasteiger partial charge in [-0.15, -0.1) is 11.3 Å². The van der Waals surface area contributed by atoms with Gasteiger partial charge in [0.15, 0.2) is 0 Å². The van der Waals surface area contributed by atoms with Crippen LogP contribution in [0, 0.1) is 0 Å². The number of aromatic nitrogens is 1. The maximum Gasteiger partial charge on any atom is 0.326 e. The summed E-state index contributed by atoms with van der Waals surface area (Å²) in [5.74, 6) is -1.43. The highest BCUT2D eigenvalue weighted by Gasteiger charge is 2.40. The minimum atomic E-state index is -1.08. The van der Waals surface area contributed by atoms with Crippen molar-refractivity contribution in [2.45, 2.75) is 18.6 Å². The highest BCUT2D eigenvalue weighted by Crippen LogP contribution is 2.27. The number of hydrogen-bond donors (Lipinski definition) is 2. The predicted octanol–water partition coefficient (Wildman–Crippen LogP) is 1.20. The molecule has 1 saturated heterocycles. The fraction of sp³-hybridized carbons (Fsp3) is 0.286. The SMILES string of the molecule is O=C(O)[C@H]1C[C@@H](O)CN1C(=O)c1sccc1-n1cccc1. The summed E-state index contributed by atoms with van der Waals surface area (Å²) in [4.78, 5) is 25.6. The third-order valence-electron chi connectivity index (χ3n) is 3.55. The summed E-state index contributed by atoms with van der Waals surface area (Å²) in [6, 6.07) is 4.56. The summed E-state index contributed by atoms with van der Waals surface area (Å²) in [6.45, 7) is 0.0544. The average molecular weight is 306 g/mol. The third-order valence-corrected chi connectivity index (χ3v) is 4.44. The summed E-state index contributed by atoms with van der Waals surface area (Å²) < 4.78 is 1.81. The van der Waals surface area contributed by atoms with Gasteiger partial charge in [0.2, 0.25) is 0 Å². The number of rotatable bonds is 3. The van der Waals surface area contributed by atoms with Gasteiger partial charge in [0.1, 0.15) is 10.9 Å². The maximum absolute atomic E-state index is 12.6. The molecule has 1 aliphatic rings. The molecule has 2 N–H and O–H groups in total. The Balaban J connectivity index is 1.93. The Morgan fingerprint density at radius 1 is 1.29 bits per heavy atom. The van der Waals surface area contributed by atoms with Gasteiger partial charge in [-0.3, -0.25) is 4.79 Å². The van der Waals surface area contributed by atoms with Gasteiger partial charge < -0.3 is 19.7 Å². The molecule has 2 aromatic rings. The van der Waals surface area contributed by atoms with Gasteiger partial charge in [-0.05, 0) is 23.6 Å². The van der Waals surface area contributed by atoms with E-state index in [1.165, 1.54) is 16.2 Å². The summed E-state index contributed by atoms with van der Waals surface area (Å²) in [6.07, 6.45) is 2.94. The summed E-state index contributed by atoms with van der Waals surface area (Å²) >= 11 is 1.27. The molecule has 0 bridgehead atoms. The lowest BCUT2D eigenvalue weighted by molar-refractivity contribution is -0.141. The Kier molecular flexibility index (Phi) is 3.52. The van der Waals surface area contributed by atoms with E-state index < -0.39 is 18.1 Å². The Hall–Kier alpha value is -2.12. The first-order chi connectivity index (χ1) is 10.1. The van der Waals surface area contributed by atoms with E-state index in [0.717, 1.165) is 5.69 Å². The molecule has 0 radical (unpaired) electrons. The zero-order valence-electron chi connectivity index (χ0n) is 11.0. The van der Waals surface area contributed by atoms with E-state index in [0.29, 0.717) is 4.88 Å². The molecule has 7 heteroatoms. The lowest BCUT2D eigenvalue weighted by Gasteiger charge is -2.21. The number of carbonyl (C=O) groups is 2. The van der Waals surface area contributed by atoms with Crippen molar-refractivity contribution in [3.8, 4) is 5.69 Å². The maximum atomic E-state index is 12.6. The summed E-state index contributed by atoms with van der Waals surface area (Å²) in [5, 5.41) is 20.7. The molecular weight excluding hydrogens is 292 g/mol. The predicted molar refractivity (Wildman–Crippen MR) is 76.7 cm³/mol. The van der Waals surface area contributed by atoms with Crippen LogP contribution >= 0.6 is 11.3 Å². The molecule has 110 valence electrons. The lowest BCUT2D eigenvalue weighted by Crippen LogP contribution is -2.40. The van der Waals surface area contributed by atoms with E-state index >= 15 is 0 Å². The zero-order valence-corrected chi connectivity index (χ0v) is 11.9. The first-order valence-electron chi connectivity index (χ1n) is 6.50. The molecule has 21 heavy (non-hydrogen) atoms. The number of carboxylic acid groups (broad SMARTS) is 1. The topological polar surface area (TPSA) is 82.8 Å². The zero-order chi connectivity index (χ0) is 15.0. The Bertz CT molecular complexity index is 664. The van der Waals surface area contributed by atoms with Crippen molar-refractivity contribution >= 4 is 23.2 Å². The molecule has 2 atom stereocenters. The molecule has 6 nitrogen and oxygen atoms in total. The first-order valence-corrected chi connectivity index (χ1v) is 7.38. The highest BCUT2D eigenvalue weighted by molar-refractivity contribution is 7.12. The number of thiophene rings is 1.